The van der Waals surface area contributed by atoms with Crippen molar-refractivity contribution >= 4 is 35.3 Å². The molecule has 1 aromatic heterocycles. The lowest BCUT2D eigenvalue weighted by molar-refractivity contribution is -0.145. The van der Waals surface area contributed by atoms with Gasteiger partial charge >= 0.3 is 0 Å². The third-order valence-corrected chi connectivity index (χ3v) is 9.81. The van der Waals surface area contributed by atoms with Crippen LogP contribution < -0.4 is 21.3 Å². The number of H-pyrrole nitrogens is 1. The largest absolute Gasteiger partial charge is 0.347 e. The van der Waals surface area contributed by atoms with Crippen LogP contribution in [-0.4, -0.2) is 97.6 Å². The Morgan fingerprint density at radius 1 is 0.898 bits per heavy atom. The summed E-state index contributed by atoms with van der Waals surface area (Å²) >= 11 is 0. The monoisotopic (exact) mass is 687 g/mol. The molecule has 2 heterocycles. The molecule has 1 aliphatic carbocycles. The van der Waals surface area contributed by atoms with E-state index in [1.807, 2.05) is 48.5 Å². The summed E-state index contributed by atoms with van der Waals surface area (Å²) in [4.78, 5) is 82.0. The van der Waals surface area contributed by atoms with Crippen molar-refractivity contribution < 1.29 is 28.8 Å². The Labute approximate surface area is 289 Å². The van der Waals surface area contributed by atoms with Gasteiger partial charge in [0.15, 0.2) is 5.82 Å². The predicted molar refractivity (Wildman–Crippen MR) is 181 cm³/mol. The van der Waals surface area contributed by atoms with Crippen molar-refractivity contribution in [2.24, 2.45) is 23.7 Å². The second-order valence-electron chi connectivity index (χ2n) is 14.3. The molecule has 2 fully saturated rings. The molecule has 15 heteroatoms. The molecule has 5 N–H and O–H groups in total. The fourth-order valence-electron chi connectivity index (χ4n) is 6.81. The van der Waals surface area contributed by atoms with Crippen LogP contribution in [0.4, 0.5) is 0 Å². The molecule has 3 rings (SSSR count). The third-order valence-electron chi connectivity index (χ3n) is 9.81. The molecule has 49 heavy (non-hydrogen) atoms. The molecule has 15 nitrogen and oxygen atoms in total. The number of aryl methyl sites for hydroxylation is 1. The number of tetrazole rings is 1. The van der Waals surface area contributed by atoms with Gasteiger partial charge < -0.3 is 26.2 Å². The van der Waals surface area contributed by atoms with E-state index in [0.29, 0.717) is 50.9 Å². The summed E-state index contributed by atoms with van der Waals surface area (Å²) in [5.74, 6) is -2.94. The van der Waals surface area contributed by atoms with Crippen LogP contribution in [0.2, 0.25) is 0 Å². The molecule has 1 aliphatic heterocycles. The topological polar surface area (TPSA) is 208 Å². The Balaban J connectivity index is 1.71. The van der Waals surface area contributed by atoms with E-state index in [4.69, 9.17) is 0 Å². The molecule has 0 radical (unpaired) electrons. The first-order valence-electron chi connectivity index (χ1n) is 18.1. The number of fused-ring (bicyclic) bond motifs is 1. The van der Waals surface area contributed by atoms with Crippen LogP contribution in [0.15, 0.2) is 0 Å². The summed E-state index contributed by atoms with van der Waals surface area (Å²) < 4.78 is 0. The van der Waals surface area contributed by atoms with Crippen molar-refractivity contribution in [2.45, 2.75) is 143 Å². The summed E-state index contributed by atoms with van der Waals surface area (Å²) in [6, 6.07) is -3.82. The fraction of sp³-hybridized carbons (Fsp3) is 0.794. The smallest absolute Gasteiger partial charge is 0.289 e. The molecule has 1 saturated heterocycles. The molecular weight excluding hydrogens is 630 g/mol. The van der Waals surface area contributed by atoms with Crippen molar-refractivity contribution in [1.82, 2.24) is 46.8 Å². The molecule has 0 bridgehead atoms. The zero-order valence-electron chi connectivity index (χ0n) is 30.2. The minimum atomic E-state index is -1.01. The van der Waals surface area contributed by atoms with Gasteiger partial charge in [-0.25, -0.2) is 0 Å². The van der Waals surface area contributed by atoms with Gasteiger partial charge in [0.25, 0.3) is 5.91 Å². The second-order valence-corrected chi connectivity index (χ2v) is 14.3. The van der Waals surface area contributed by atoms with Crippen LogP contribution in [0.3, 0.4) is 0 Å². The van der Waals surface area contributed by atoms with Crippen molar-refractivity contribution in [3.63, 3.8) is 0 Å². The molecule has 0 spiro atoms. The maximum absolute atomic E-state index is 14.3. The zero-order valence-corrected chi connectivity index (χ0v) is 30.2. The summed E-state index contributed by atoms with van der Waals surface area (Å²) in [5.41, 5.74) is 0. The van der Waals surface area contributed by atoms with Gasteiger partial charge in [-0.15, -0.1) is 10.2 Å². The van der Waals surface area contributed by atoms with Crippen LogP contribution in [0.25, 0.3) is 0 Å². The number of carbonyl (C=O) groups is 6. The number of hydrogen-bond donors (Lipinski definition) is 5. The van der Waals surface area contributed by atoms with Gasteiger partial charge in [0.2, 0.25) is 29.4 Å². The second kappa shape index (κ2) is 18.7. The lowest BCUT2D eigenvalue weighted by Crippen LogP contribution is -2.60. The number of rotatable bonds is 19. The fourth-order valence-corrected chi connectivity index (χ4v) is 6.81. The zero-order chi connectivity index (χ0) is 36.2. The number of ketones is 1. The van der Waals surface area contributed by atoms with E-state index in [9.17, 15) is 28.8 Å². The Bertz CT molecular complexity index is 1290. The first-order valence-corrected chi connectivity index (χ1v) is 18.1. The van der Waals surface area contributed by atoms with Crippen LogP contribution >= 0.6 is 0 Å². The number of amides is 5. The standard InChI is InChI=1S/C34H57N9O6/c1-8-13-24(30(45)33(48)35-21(7)9-2)36-32(47)29-23-15-12-14-22(23)18-43(29)34(49)28(20(5)6)38-31(46)27(19(3)4)37-26(44)17-11-10-16-25-39-41-42-40-25/h19-24,27-29H,8-18H2,1-7H3,(H,35,48)(H,36,47)(H,37,44)(H,38,46)(H,39,40,41,42)/t21-,22-,23-,24?,27-,28-,29-/m0/s1. The van der Waals surface area contributed by atoms with Gasteiger partial charge in [0, 0.05) is 25.4 Å². The Morgan fingerprint density at radius 3 is 2.22 bits per heavy atom. The number of hydrogen-bond acceptors (Lipinski definition) is 9. The van der Waals surface area contributed by atoms with Crippen LogP contribution in [0, 0.1) is 23.7 Å². The summed E-state index contributed by atoms with van der Waals surface area (Å²) in [6.45, 7) is 13.3. The minimum absolute atomic E-state index is 0.0819. The third kappa shape index (κ3) is 10.8. The van der Waals surface area contributed by atoms with Crippen LogP contribution in [0.1, 0.15) is 112 Å². The van der Waals surface area contributed by atoms with E-state index in [2.05, 4.69) is 41.9 Å². The average Bonchev–Trinajstić information content (AvgIpc) is 3.81. The van der Waals surface area contributed by atoms with E-state index >= 15 is 0 Å². The summed E-state index contributed by atoms with van der Waals surface area (Å²) in [6.07, 6.45) is 6.16. The highest BCUT2D eigenvalue weighted by Gasteiger charge is 2.51. The number of carbonyl (C=O) groups excluding carboxylic acids is 6. The normalized spacial score (nSPS) is 21.1. The van der Waals surface area contributed by atoms with Crippen LogP contribution in [0.5, 0.6) is 0 Å². The van der Waals surface area contributed by atoms with Gasteiger partial charge in [-0.05, 0) is 69.1 Å². The highest BCUT2D eigenvalue weighted by molar-refractivity contribution is 6.38. The highest BCUT2D eigenvalue weighted by atomic mass is 16.2. The van der Waals surface area contributed by atoms with Crippen molar-refractivity contribution in [2.75, 3.05) is 6.54 Å². The number of aromatic nitrogens is 4. The Hall–Kier alpha value is -3.91. The molecule has 1 unspecified atom stereocenters. The van der Waals surface area contributed by atoms with E-state index in [0.717, 1.165) is 19.3 Å². The summed E-state index contributed by atoms with van der Waals surface area (Å²) in [5, 5.41) is 25.0. The number of nitrogens with zero attached hydrogens (tertiary/aromatic N) is 4. The molecular formula is C34H57N9O6. The Kier molecular flexibility index (Phi) is 15.1. The number of nitrogens with one attached hydrogen (secondary N) is 5. The number of unbranched alkanes of at least 4 members (excludes halogenated alkanes) is 1. The number of Topliss-reactive ketones (excluding diaryl/α,β-unsaturated/α-hetero) is 1. The molecule has 1 aromatic rings. The highest BCUT2D eigenvalue weighted by Crippen LogP contribution is 2.42. The maximum atomic E-state index is 14.3. The van der Waals surface area contributed by atoms with Gasteiger partial charge in [-0.2, -0.15) is 5.21 Å². The van der Waals surface area contributed by atoms with E-state index < -0.39 is 47.7 Å². The van der Waals surface area contributed by atoms with E-state index in [1.54, 1.807) is 4.90 Å². The maximum Gasteiger partial charge on any atom is 0.289 e. The lowest BCUT2D eigenvalue weighted by atomic mass is 9.92. The van der Waals surface area contributed by atoms with Gasteiger partial charge in [0.1, 0.15) is 18.1 Å². The number of likely N-dealkylation sites (tertiary alicyclic amines) is 1. The van der Waals surface area contributed by atoms with Crippen molar-refractivity contribution in [1.29, 1.82) is 0 Å². The molecule has 5 amide bonds. The van der Waals surface area contributed by atoms with Gasteiger partial charge in [-0.1, -0.05) is 59.6 Å². The Morgan fingerprint density at radius 2 is 1.61 bits per heavy atom. The van der Waals surface area contributed by atoms with Crippen molar-refractivity contribution in [3.8, 4) is 0 Å². The molecule has 7 atom stereocenters. The molecule has 0 aromatic carbocycles. The van der Waals surface area contributed by atoms with Crippen LogP contribution in [-0.2, 0) is 35.2 Å². The average molecular weight is 688 g/mol. The first kappa shape index (κ1) is 39.5. The van der Waals surface area contributed by atoms with Crippen molar-refractivity contribution in [3.05, 3.63) is 5.82 Å². The first-order chi connectivity index (χ1) is 23.3. The van der Waals surface area contributed by atoms with Gasteiger partial charge in [0.05, 0.1) is 6.04 Å². The number of aromatic amines is 1. The lowest BCUT2D eigenvalue weighted by Gasteiger charge is -2.34. The minimum Gasteiger partial charge on any atom is -0.347 e. The molecule has 2 aliphatic rings. The SMILES string of the molecule is CCCC(NC(=O)[C@@H]1[C@H]2CCC[C@H]2CN1C(=O)[C@@H](NC(=O)[C@@H](NC(=O)CCCCc1nn[nH]n1)C(C)C)C(C)C)C(=O)C(=O)N[C@@H](C)CC. The summed E-state index contributed by atoms with van der Waals surface area (Å²) in [7, 11) is 0. The van der Waals surface area contributed by atoms with E-state index in [-0.39, 0.29) is 47.9 Å². The van der Waals surface area contributed by atoms with Gasteiger partial charge in [-0.3, -0.25) is 28.8 Å². The quantitative estimate of drug-likeness (QED) is 0.106. The van der Waals surface area contributed by atoms with E-state index in [1.165, 1.54) is 0 Å². The molecule has 274 valence electrons. The predicted octanol–water partition coefficient (Wildman–Crippen LogP) is 1.59. The molecule has 1 saturated carbocycles.